The molecule has 0 unspecified atom stereocenters. The maximum Gasteiger partial charge on any atom is 0.165 e. The molecule has 26 heavy (non-hydrogen) atoms. The minimum atomic E-state index is -0.365. The van der Waals surface area contributed by atoms with E-state index in [1.165, 1.54) is 5.56 Å². The molecule has 3 atom stereocenters. The number of hydrogen-bond donors (Lipinski definition) is 0. The summed E-state index contributed by atoms with van der Waals surface area (Å²) in [6, 6.07) is 6.82. The predicted octanol–water partition coefficient (Wildman–Crippen LogP) is 2.83. The molecule has 2 bridgehead atoms. The summed E-state index contributed by atoms with van der Waals surface area (Å²) in [4.78, 5) is 2.42. The van der Waals surface area contributed by atoms with Gasteiger partial charge in [0.25, 0.3) is 0 Å². The second-order valence-corrected chi connectivity index (χ2v) is 7.63. The Balaban J connectivity index is 2.09. The van der Waals surface area contributed by atoms with E-state index in [4.69, 9.17) is 14.2 Å². The highest BCUT2D eigenvalue weighted by Crippen LogP contribution is 2.61. The highest BCUT2D eigenvalue weighted by molar-refractivity contribution is 5.62. The highest BCUT2D eigenvalue weighted by Gasteiger charge is 2.64. The molecule has 1 aromatic rings. The van der Waals surface area contributed by atoms with E-state index in [1.54, 1.807) is 14.2 Å². The van der Waals surface area contributed by atoms with E-state index in [-0.39, 0.29) is 17.1 Å². The number of hydrogen-bond acceptors (Lipinski definition) is 5. The van der Waals surface area contributed by atoms with Gasteiger partial charge in [0.15, 0.2) is 11.5 Å². The zero-order chi connectivity index (χ0) is 18.5. The van der Waals surface area contributed by atoms with E-state index >= 15 is 0 Å². The van der Waals surface area contributed by atoms with Crippen LogP contribution in [0.4, 0.5) is 0 Å². The van der Waals surface area contributed by atoms with Gasteiger partial charge in [-0.25, -0.2) is 0 Å². The van der Waals surface area contributed by atoms with E-state index in [0.29, 0.717) is 0 Å². The van der Waals surface area contributed by atoms with Crippen LogP contribution in [0, 0.1) is 11.3 Å². The molecule has 3 aliphatic rings. The summed E-state index contributed by atoms with van der Waals surface area (Å²) in [7, 11) is 7.37. The maximum atomic E-state index is 9.63. The number of methoxy groups -OCH3 is 3. The molecule has 2 aliphatic carbocycles. The molecule has 1 fully saturated rings. The first kappa shape index (κ1) is 17.4. The Hall–Kier alpha value is -2.03. The molecule has 4 rings (SSSR count). The first-order valence-corrected chi connectivity index (χ1v) is 9.18. The van der Waals surface area contributed by atoms with Crippen molar-refractivity contribution in [1.82, 2.24) is 4.90 Å². The lowest BCUT2D eigenvalue weighted by atomic mass is 9.50. The topological polar surface area (TPSA) is 54.7 Å². The molecule has 5 nitrogen and oxygen atoms in total. The zero-order valence-corrected chi connectivity index (χ0v) is 16.0. The molecule has 0 saturated carbocycles. The van der Waals surface area contributed by atoms with Crippen molar-refractivity contribution in [2.24, 2.45) is 0 Å². The quantitative estimate of drug-likeness (QED) is 0.835. The Labute approximate surface area is 155 Å². The number of fused-ring (bicyclic) bond motifs is 1. The number of likely N-dealkylation sites (N-methyl/N-ethyl adjacent to an activating group) is 1. The first-order valence-electron chi connectivity index (χ1n) is 9.18. The van der Waals surface area contributed by atoms with Crippen molar-refractivity contribution in [3.63, 3.8) is 0 Å². The van der Waals surface area contributed by atoms with Gasteiger partial charge >= 0.3 is 0 Å². The minimum absolute atomic E-state index is 0.281. The van der Waals surface area contributed by atoms with Crippen molar-refractivity contribution < 1.29 is 14.2 Å². The van der Waals surface area contributed by atoms with Crippen LogP contribution >= 0.6 is 0 Å². The van der Waals surface area contributed by atoms with E-state index in [2.05, 4.69) is 30.2 Å². The van der Waals surface area contributed by atoms with Gasteiger partial charge < -0.3 is 19.1 Å². The average Bonchev–Trinajstić information content (AvgIpc) is 2.68. The van der Waals surface area contributed by atoms with Crippen LogP contribution in [0.5, 0.6) is 11.5 Å². The van der Waals surface area contributed by atoms with Gasteiger partial charge in [0.1, 0.15) is 0 Å². The summed E-state index contributed by atoms with van der Waals surface area (Å²) in [5, 5.41) is 9.63. The molecule has 0 aromatic heterocycles. The molecular weight excluding hydrogens is 328 g/mol. The third-order valence-corrected chi connectivity index (χ3v) is 6.87. The molecule has 1 aliphatic heterocycles. The fourth-order valence-electron chi connectivity index (χ4n) is 5.72. The third kappa shape index (κ3) is 1.97. The summed E-state index contributed by atoms with van der Waals surface area (Å²) in [5.41, 5.74) is 2.54. The third-order valence-electron chi connectivity index (χ3n) is 6.87. The van der Waals surface area contributed by atoms with Gasteiger partial charge in [0.05, 0.1) is 31.3 Å². The number of likely N-dealkylation sites (tertiary alicyclic amines) is 1. The Bertz CT molecular complexity index is 812. The van der Waals surface area contributed by atoms with Crippen LogP contribution in [-0.4, -0.2) is 51.5 Å². The van der Waals surface area contributed by atoms with Crippen molar-refractivity contribution in [2.75, 3.05) is 34.9 Å². The Morgan fingerprint density at radius 3 is 2.65 bits per heavy atom. The van der Waals surface area contributed by atoms with Gasteiger partial charge in [-0.05, 0) is 50.9 Å². The second-order valence-electron chi connectivity index (χ2n) is 7.63. The molecule has 1 aromatic carbocycles. The van der Waals surface area contributed by atoms with Gasteiger partial charge in [-0.3, -0.25) is 0 Å². The fourth-order valence-corrected chi connectivity index (χ4v) is 5.72. The minimum Gasteiger partial charge on any atom is -0.493 e. The second kappa shape index (κ2) is 6.00. The molecule has 1 saturated heterocycles. The Morgan fingerprint density at radius 2 is 2.00 bits per heavy atom. The van der Waals surface area contributed by atoms with Gasteiger partial charge in [-0.15, -0.1) is 0 Å². The number of benzene rings is 1. The molecule has 0 amide bonds. The highest BCUT2D eigenvalue weighted by atomic mass is 16.5. The number of nitrogens with zero attached hydrogens (tertiary/aromatic N) is 2. The summed E-state index contributed by atoms with van der Waals surface area (Å²) in [6.07, 6.45) is 5.60. The van der Waals surface area contributed by atoms with E-state index in [0.717, 1.165) is 54.9 Å². The number of allylic oxidation sites excluding steroid dienone is 1. The monoisotopic (exact) mass is 354 g/mol. The number of ether oxygens (including phenoxy) is 3. The van der Waals surface area contributed by atoms with Crippen LogP contribution in [0.25, 0.3) is 0 Å². The lowest BCUT2D eigenvalue weighted by Crippen LogP contribution is -2.71. The molecular formula is C21H26N2O3. The smallest absolute Gasteiger partial charge is 0.165 e. The lowest BCUT2D eigenvalue weighted by molar-refractivity contribution is -0.155. The summed E-state index contributed by atoms with van der Waals surface area (Å²) >= 11 is 0. The van der Waals surface area contributed by atoms with Crippen LogP contribution in [0.2, 0.25) is 0 Å². The molecule has 0 radical (unpaired) electrons. The van der Waals surface area contributed by atoms with E-state index in [1.807, 2.05) is 13.2 Å². The van der Waals surface area contributed by atoms with Gasteiger partial charge in [0, 0.05) is 24.3 Å². The SMILES string of the molecule is COc1ccc2c(c1OC)[C@@]13C=C(C#N)CC[C@@]1(OC)[C@@H](C2)N(C)CC3. The van der Waals surface area contributed by atoms with Crippen LogP contribution in [0.1, 0.15) is 30.4 Å². The largest absolute Gasteiger partial charge is 0.493 e. The van der Waals surface area contributed by atoms with Crippen molar-refractivity contribution in [3.8, 4) is 17.6 Å². The van der Waals surface area contributed by atoms with Gasteiger partial charge in [-0.2, -0.15) is 5.26 Å². The maximum absolute atomic E-state index is 9.63. The van der Waals surface area contributed by atoms with Gasteiger partial charge in [0.2, 0.25) is 0 Å². The number of piperidine rings is 1. The standard InChI is InChI=1S/C21H26N2O3/c1-23-10-9-20-12-14(13-22)7-8-21(20,26-4)17(23)11-15-5-6-16(24-2)19(25-3)18(15)20/h5-6,12,17H,7-11H2,1-4H3/t17-,20-,21-/m1/s1. The average molecular weight is 354 g/mol. The van der Waals surface area contributed by atoms with E-state index in [9.17, 15) is 5.26 Å². The van der Waals surface area contributed by atoms with Crippen LogP contribution in [-0.2, 0) is 16.6 Å². The van der Waals surface area contributed by atoms with Crippen molar-refractivity contribution in [1.29, 1.82) is 5.26 Å². The summed E-state index contributed by atoms with van der Waals surface area (Å²) in [6.45, 7) is 0.963. The summed E-state index contributed by atoms with van der Waals surface area (Å²) in [5.74, 6) is 1.52. The van der Waals surface area contributed by atoms with Crippen LogP contribution in [0.15, 0.2) is 23.8 Å². The van der Waals surface area contributed by atoms with Crippen LogP contribution in [0.3, 0.4) is 0 Å². The van der Waals surface area contributed by atoms with Crippen molar-refractivity contribution >= 4 is 0 Å². The Kier molecular flexibility index (Phi) is 4.02. The van der Waals surface area contributed by atoms with Crippen molar-refractivity contribution in [3.05, 3.63) is 34.9 Å². The number of nitriles is 1. The molecule has 0 spiro atoms. The normalized spacial score (nSPS) is 32.7. The predicted molar refractivity (Wildman–Crippen MR) is 98.6 cm³/mol. The van der Waals surface area contributed by atoms with Gasteiger partial charge in [-0.1, -0.05) is 12.1 Å². The summed E-state index contributed by atoms with van der Waals surface area (Å²) < 4.78 is 17.8. The lowest BCUT2D eigenvalue weighted by Gasteiger charge is -2.63. The zero-order valence-electron chi connectivity index (χ0n) is 16.0. The molecule has 1 heterocycles. The van der Waals surface area contributed by atoms with E-state index < -0.39 is 0 Å². The Morgan fingerprint density at radius 1 is 1.19 bits per heavy atom. The number of rotatable bonds is 3. The fraction of sp³-hybridized carbons (Fsp3) is 0.571. The molecule has 0 N–H and O–H groups in total. The molecule has 138 valence electrons. The van der Waals surface area contributed by atoms with Crippen molar-refractivity contribution in [2.45, 2.75) is 42.7 Å². The first-order chi connectivity index (χ1) is 12.6. The molecule has 5 heteroatoms. The van der Waals surface area contributed by atoms with Crippen LogP contribution < -0.4 is 9.47 Å².